The van der Waals surface area contributed by atoms with Gasteiger partial charge in [0.25, 0.3) is 5.91 Å². The van der Waals surface area contributed by atoms with Crippen molar-refractivity contribution < 1.29 is 9.53 Å². The molecule has 3 rings (SSSR count). The van der Waals surface area contributed by atoms with Gasteiger partial charge in [0, 0.05) is 12.2 Å². The average Bonchev–Trinajstić information content (AvgIpc) is 2.69. The Kier molecular flexibility index (Phi) is 6.27. The number of hydrogen-bond donors (Lipinski definition) is 2. The van der Waals surface area contributed by atoms with Crippen LogP contribution in [0.3, 0.4) is 0 Å². The zero-order valence-corrected chi connectivity index (χ0v) is 16.4. The molecule has 0 bridgehead atoms. The largest absolute Gasteiger partial charge is 0.491 e. The second kappa shape index (κ2) is 9.04. The predicted molar refractivity (Wildman–Crippen MR) is 113 cm³/mol. The van der Waals surface area contributed by atoms with Crippen molar-refractivity contribution in [3.63, 3.8) is 0 Å². The molecule has 2 N–H and O–H groups in total. The summed E-state index contributed by atoms with van der Waals surface area (Å²) in [5.41, 5.74) is 4.40. The number of carbonyl (C=O) groups excluding carboxylic acids is 1. The fraction of sp³-hybridized carbons (Fsp3) is 0.217. The molecule has 1 amide bonds. The summed E-state index contributed by atoms with van der Waals surface area (Å²) in [6, 6.07) is 19.1. The van der Waals surface area contributed by atoms with E-state index in [4.69, 9.17) is 4.74 Å². The lowest BCUT2D eigenvalue weighted by atomic mass is 10.1. The smallest absolute Gasteiger partial charge is 0.274 e. The molecular formula is C23H25N3O2. The van der Waals surface area contributed by atoms with Crippen molar-refractivity contribution in [2.45, 2.75) is 33.4 Å². The first-order valence-electron chi connectivity index (χ1n) is 9.34. The Bertz CT molecular complexity index is 919. The number of benzene rings is 2. The molecule has 1 aromatic heterocycles. The standard InChI is InChI=1S/C23H25N3O2/c1-16(2)28-21-11-8-19(9-12-21)26-23(27)22-13-10-20(15-25-22)24-14-18-7-5-4-6-17(18)3/h4-13,15-16,24H,14H2,1-3H3,(H,26,27). The molecule has 0 atom stereocenters. The van der Waals surface area contributed by atoms with Crippen molar-refractivity contribution in [2.24, 2.45) is 0 Å². The van der Waals surface area contributed by atoms with Crippen LogP contribution in [0, 0.1) is 6.92 Å². The zero-order chi connectivity index (χ0) is 19.9. The Hall–Kier alpha value is -3.34. The lowest BCUT2D eigenvalue weighted by Gasteiger charge is -2.11. The maximum absolute atomic E-state index is 12.4. The molecule has 0 radical (unpaired) electrons. The third kappa shape index (κ3) is 5.33. The first-order chi connectivity index (χ1) is 13.5. The Morgan fingerprint density at radius 2 is 1.71 bits per heavy atom. The first kappa shape index (κ1) is 19.4. The highest BCUT2D eigenvalue weighted by molar-refractivity contribution is 6.02. The van der Waals surface area contributed by atoms with Crippen molar-refractivity contribution >= 4 is 17.3 Å². The Morgan fingerprint density at radius 3 is 2.36 bits per heavy atom. The SMILES string of the molecule is Cc1ccccc1CNc1ccc(C(=O)Nc2ccc(OC(C)C)cc2)nc1. The second-order valence-corrected chi connectivity index (χ2v) is 6.86. The number of nitrogens with zero attached hydrogens (tertiary/aromatic N) is 1. The maximum Gasteiger partial charge on any atom is 0.274 e. The van der Waals surface area contributed by atoms with Crippen LogP contribution in [0.25, 0.3) is 0 Å². The first-order valence-corrected chi connectivity index (χ1v) is 9.34. The summed E-state index contributed by atoms with van der Waals surface area (Å²) < 4.78 is 5.60. The predicted octanol–water partition coefficient (Wildman–Crippen LogP) is 5.04. The summed E-state index contributed by atoms with van der Waals surface area (Å²) in [7, 11) is 0. The van der Waals surface area contributed by atoms with E-state index in [1.807, 2.05) is 56.3 Å². The van der Waals surface area contributed by atoms with Crippen LogP contribution in [0.5, 0.6) is 5.75 Å². The average molecular weight is 375 g/mol. The van der Waals surface area contributed by atoms with E-state index >= 15 is 0 Å². The number of ether oxygens (including phenoxy) is 1. The van der Waals surface area contributed by atoms with Gasteiger partial charge in [0.15, 0.2) is 0 Å². The van der Waals surface area contributed by atoms with Gasteiger partial charge >= 0.3 is 0 Å². The Balaban J connectivity index is 1.56. The van der Waals surface area contributed by atoms with Crippen LogP contribution in [0.15, 0.2) is 66.9 Å². The molecule has 28 heavy (non-hydrogen) atoms. The van der Waals surface area contributed by atoms with Crippen LogP contribution in [-0.4, -0.2) is 17.0 Å². The number of rotatable bonds is 7. The molecule has 1 heterocycles. The molecule has 0 fully saturated rings. The van der Waals surface area contributed by atoms with Gasteiger partial charge in [0.05, 0.1) is 18.0 Å². The van der Waals surface area contributed by atoms with E-state index in [0.29, 0.717) is 17.9 Å². The van der Waals surface area contributed by atoms with Crippen LogP contribution in [0.2, 0.25) is 0 Å². The van der Waals surface area contributed by atoms with Gasteiger partial charge < -0.3 is 15.4 Å². The summed E-state index contributed by atoms with van der Waals surface area (Å²) in [6.45, 7) is 6.75. The number of nitrogens with one attached hydrogen (secondary N) is 2. The molecule has 2 aromatic carbocycles. The minimum absolute atomic E-state index is 0.113. The van der Waals surface area contributed by atoms with Crippen molar-refractivity contribution in [1.82, 2.24) is 4.98 Å². The van der Waals surface area contributed by atoms with Gasteiger partial charge in [-0.05, 0) is 68.3 Å². The Morgan fingerprint density at radius 1 is 1.00 bits per heavy atom. The number of amides is 1. The molecular weight excluding hydrogens is 350 g/mol. The molecule has 0 spiro atoms. The highest BCUT2D eigenvalue weighted by atomic mass is 16.5. The molecule has 0 saturated heterocycles. The van der Waals surface area contributed by atoms with Crippen molar-refractivity contribution in [3.05, 3.63) is 83.7 Å². The number of aromatic nitrogens is 1. The van der Waals surface area contributed by atoms with Gasteiger partial charge in [-0.2, -0.15) is 0 Å². The van der Waals surface area contributed by atoms with Gasteiger partial charge in [0.2, 0.25) is 0 Å². The summed E-state index contributed by atoms with van der Waals surface area (Å²) in [6.07, 6.45) is 1.79. The molecule has 0 unspecified atom stereocenters. The molecule has 0 aliphatic heterocycles. The van der Waals surface area contributed by atoms with E-state index in [2.05, 4.69) is 34.7 Å². The molecule has 0 aliphatic carbocycles. The van der Waals surface area contributed by atoms with Gasteiger partial charge in [0.1, 0.15) is 11.4 Å². The van der Waals surface area contributed by atoms with E-state index in [9.17, 15) is 4.79 Å². The quantitative estimate of drug-likeness (QED) is 0.607. The fourth-order valence-corrected chi connectivity index (χ4v) is 2.72. The van der Waals surface area contributed by atoms with Gasteiger partial charge in [-0.1, -0.05) is 24.3 Å². The highest BCUT2D eigenvalue weighted by Gasteiger charge is 2.08. The van der Waals surface area contributed by atoms with E-state index in [0.717, 1.165) is 11.4 Å². The lowest BCUT2D eigenvalue weighted by molar-refractivity contribution is 0.102. The van der Waals surface area contributed by atoms with E-state index in [1.54, 1.807) is 12.3 Å². The maximum atomic E-state index is 12.4. The van der Waals surface area contributed by atoms with Crippen LogP contribution < -0.4 is 15.4 Å². The van der Waals surface area contributed by atoms with Gasteiger partial charge in [-0.15, -0.1) is 0 Å². The normalized spacial score (nSPS) is 10.6. The van der Waals surface area contributed by atoms with Crippen molar-refractivity contribution in [2.75, 3.05) is 10.6 Å². The van der Waals surface area contributed by atoms with Crippen molar-refractivity contribution in [1.29, 1.82) is 0 Å². The molecule has 0 saturated carbocycles. The number of carbonyl (C=O) groups is 1. The van der Waals surface area contributed by atoms with E-state index in [1.165, 1.54) is 11.1 Å². The number of hydrogen-bond acceptors (Lipinski definition) is 4. The molecule has 144 valence electrons. The van der Waals surface area contributed by atoms with Gasteiger partial charge in [-0.3, -0.25) is 4.79 Å². The van der Waals surface area contributed by atoms with Gasteiger partial charge in [-0.25, -0.2) is 4.98 Å². The third-order valence-corrected chi connectivity index (χ3v) is 4.22. The van der Waals surface area contributed by atoms with Crippen LogP contribution in [0.1, 0.15) is 35.5 Å². The van der Waals surface area contributed by atoms with Crippen LogP contribution in [-0.2, 0) is 6.54 Å². The molecule has 5 heteroatoms. The topological polar surface area (TPSA) is 63.2 Å². The summed E-state index contributed by atoms with van der Waals surface area (Å²) in [5.74, 6) is 0.526. The summed E-state index contributed by atoms with van der Waals surface area (Å²) >= 11 is 0. The summed E-state index contributed by atoms with van der Waals surface area (Å²) in [4.78, 5) is 16.7. The lowest BCUT2D eigenvalue weighted by Crippen LogP contribution is -2.14. The minimum Gasteiger partial charge on any atom is -0.491 e. The fourth-order valence-electron chi connectivity index (χ4n) is 2.72. The van der Waals surface area contributed by atoms with E-state index < -0.39 is 0 Å². The molecule has 3 aromatic rings. The van der Waals surface area contributed by atoms with E-state index in [-0.39, 0.29) is 12.0 Å². The van der Waals surface area contributed by atoms with Crippen LogP contribution >= 0.6 is 0 Å². The second-order valence-electron chi connectivity index (χ2n) is 6.86. The molecule has 0 aliphatic rings. The van der Waals surface area contributed by atoms with Crippen LogP contribution in [0.4, 0.5) is 11.4 Å². The van der Waals surface area contributed by atoms with Crippen molar-refractivity contribution in [3.8, 4) is 5.75 Å². The zero-order valence-electron chi connectivity index (χ0n) is 16.4. The monoisotopic (exact) mass is 375 g/mol. The number of anilines is 2. The third-order valence-electron chi connectivity index (χ3n) is 4.22. The molecule has 5 nitrogen and oxygen atoms in total. The minimum atomic E-state index is -0.247. The Labute approximate surface area is 165 Å². The number of aryl methyl sites for hydroxylation is 1. The highest BCUT2D eigenvalue weighted by Crippen LogP contribution is 2.18. The summed E-state index contributed by atoms with van der Waals surface area (Å²) in [5, 5.41) is 6.18. The number of pyridine rings is 1.